The molecule has 0 aliphatic carbocycles. The number of alkyl halides is 2. The van der Waals surface area contributed by atoms with E-state index in [1.807, 2.05) is 0 Å². The Labute approximate surface area is 77.8 Å². The minimum absolute atomic E-state index is 0.184. The second-order valence-corrected chi connectivity index (χ2v) is 2.98. The molecule has 0 atom stereocenters. The summed E-state index contributed by atoms with van der Waals surface area (Å²) in [4.78, 5) is 6.42. The predicted molar refractivity (Wildman–Crippen MR) is 41.3 cm³/mol. The molecule has 13 heavy (non-hydrogen) atoms. The van der Waals surface area contributed by atoms with Crippen LogP contribution in [0.5, 0.6) is 0 Å². The van der Waals surface area contributed by atoms with E-state index < -0.39 is 22.7 Å². The number of halogens is 4. The molecule has 0 amide bonds. The Hall–Kier alpha value is -0.840. The summed E-state index contributed by atoms with van der Waals surface area (Å²) in [5.74, 6) is -4.84. The first-order valence-electron chi connectivity index (χ1n) is 3.40. The average molecular weight is 211 g/mol. The van der Waals surface area contributed by atoms with Crippen molar-refractivity contribution < 1.29 is 13.2 Å². The lowest BCUT2D eigenvalue weighted by atomic mass is 10.3. The fraction of sp³-hybridized carbons (Fsp3) is 0.429. The van der Waals surface area contributed by atoms with Gasteiger partial charge in [-0.25, -0.2) is 14.4 Å². The van der Waals surface area contributed by atoms with Crippen LogP contribution in [0.4, 0.5) is 13.2 Å². The van der Waals surface area contributed by atoms with Crippen molar-refractivity contribution in [1.82, 2.24) is 9.97 Å². The van der Waals surface area contributed by atoms with Crippen LogP contribution in [-0.4, -0.2) is 9.97 Å². The van der Waals surface area contributed by atoms with Crippen molar-refractivity contribution in [3.8, 4) is 0 Å². The van der Waals surface area contributed by atoms with Gasteiger partial charge in [-0.05, 0) is 6.92 Å². The van der Waals surface area contributed by atoms with Gasteiger partial charge >= 0.3 is 5.92 Å². The van der Waals surface area contributed by atoms with Crippen LogP contribution < -0.4 is 0 Å². The normalized spacial score (nSPS) is 11.8. The number of hydrogen-bond donors (Lipinski definition) is 0. The van der Waals surface area contributed by atoms with Crippen molar-refractivity contribution >= 4 is 11.6 Å². The van der Waals surface area contributed by atoms with Gasteiger partial charge < -0.3 is 0 Å². The minimum Gasteiger partial charge on any atom is -0.229 e. The molecule has 2 nitrogen and oxygen atoms in total. The molecule has 6 heteroatoms. The van der Waals surface area contributed by atoms with Crippen LogP contribution in [0.25, 0.3) is 0 Å². The molecule has 0 aliphatic rings. The molecule has 0 bridgehead atoms. The van der Waals surface area contributed by atoms with E-state index in [1.54, 1.807) is 0 Å². The fourth-order valence-corrected chi connectivity index (χ4v) is 0.937. The summed E-state index contributed by atoms with van der Waals surface area (Å²) in [5, 5.41) is -0.580. The van der Waals surface area contributed by atoms with E-state index in [0.717, 1.165) is 0 Å². The molecule has 0 saturated carbocycles. The Balaban J connectivity index is 3.29. The Bertz CT molecular complexity index is 312. The summed E-state index contributed by atoms with van der Waals surface area (Å²) in [7, 11) is 0. The van der Waals surface area contributed by atoms with Crippen molar-refractivity contribution in [2.24, 2.45) is 0 Å². The largest absolute Gasteiger partial charge is 0.303 e. The first-order valence-corrected chi connectivity index (χ1v) is 3.78. The molecule has 1 heterocycles. The quantitative estimate of drug-likeness (QED) is 0.666. The summed E-state index contributed by atoms with van der Waals surface area (Å²) in [5.41, 5.74) is -0.184. The smallest absolute Gasteiger partial charge is 0.229 e. The fourth-order valence-electron chi connectivity index (χ4n) is 0.721. The molecule has 0 saturated heterocycles. The molecule has 1 aromatic heterocycles. The van der Waals surface area contributed by atoms with Crippen LogP contribution in [0.3, 0.4) is 0 Å². The first-order chi connectivity index (χ1) is 5.82. The summed E-state index contributed by atoms with van der Waals surface area (Å²) in [6.45, 7) is 1.87. The maximum atomic E-state index is 12.8. The van der Waals surface area contributed by atoms with Gasteiger partial charge in [-0.3, -0.25) is 0 Å². The molecule has 72 valence electrons. The van der Waals surface area contributed by atoms with Crippen molar-refractivity contribution in [1.29, 1.82) is 0 Å². The lowest BCUT2D eigenvalue weighted by Gasteiger charge is -2.09. The van der Waals surface area contributed by atoms with E-state index in [4.69, 9.17) is 11.6 Å². The summed E-state index contributed by atoms with van der Waals surface area (Å²) in [6.07, 6.45) is 0. The van der Waals surface area contributed by atoms with Crippen LogP contribution in [0.2, 0.25) is 5.15 Å². The summed E-state index contributed by atoms with van der Waals surface area (Å²) in [6, 6.07) is 0. The zero-order chi connectivity index (χ0) is 10.2. The van der Waals surface area contributed by atoms with Crippen LogP contribution in [0.15, 0.2) is 0 Å². The highest BCUT2D eigenvalue weighted by molar-refractivity contribution is 6.29. The second-order valence-electron chi connectivity index (χ2n) is 2.63. The van der Waals surface area contributed by atoms with Crippen LogP contribution >= 0.6 is 11.6 Å². The lowest BCUT2D eigenvalue weighted by molar-refractivity contribution is 0.00732. The van der Waals surface area contributed by atoms with E-state index in [9.17, 15) is 13.2 Å². The van der Waals surface area contributed by atoms with Gasteiger partial charge in [-0.15, -0.1) is 0 Å². The van der Waals surface area contributed by atoms with Crippen molar-refractivity contribution in [3.05, 3.63) is 22.5 Å². The van der Waals surface area contributed by atoms with E-state index in [-0.39, 0.29) is 5.69 Å². The van der Waals surface area contributed by atoms with Gasteiger partial charge in [-0.2, -0.15) is 8.78 Å². The third kappa shape index (κ3) is 2.09. The van der Waals surface area contributed by atoms with E-state index in [2.05, 4.69) is 9.97 Å². The highest BCUT2D eigenvalue weighted by Crippen LogP contribution is 2.26. The van der Waals surface area contributed by atoms with Gasteiger partial charge in [0.2, 0.25) is 0 Å². The summed E-state index contributed by atoms with van der Waals surface area (Å²) < 4.78 is 38.1. The summed E-state index contributed by atoms with van der Waals surface area (Å²) >= 11 is 5.27. The zero-order valence-corrected chi connectivity index (χ0v) is 7.66. The molecular formula is C7H6ClF3N2. The monoisotopic (exact) mass is 210 g/mol. The maximum absolute atomic E-state index is 12.8. The molecule has 0 fully saturated rings. The highest BCUT2D eigenvalue weighted by Gasteiger charge is 2.29. The van der Waals surface area contributed by atoms with E-state index >= 15 is 0 Å². The SMILES string of the molecule is Cc1nc(C(C)(F)F)nc(Cl)c1F. The molecule has 0 spiro atoms. The molecule has 0 aromatic carbocycles. The minimum atomic E-state index is -3.21. The molecule has 0 unspecified atom stereocenters. The molecule has 1 aromatic rings. The van der Waals surface area contributed by atoms with Gasteiger partial charge in [0.05, 0.1) is 5.69 Å². The molecule has 0 aliphatic heterocycles. The zero-order valence-electron chi connectivity index (χ0n) is 6.91. The maximum Gasteiger partial charge on any atom is 0.303 e. The Kier molecular flexibility index (Phi) is 2.47. The van der Waals surface area contributed by atoms with Gasteiger partial charge in [0, 0.05) is 6.92 Å². The third-order valence-electron chi connectivity index (χ3n) is 1.37. The Morgan fingerprint density at radius 3 is 2.23 bits per heavy atom. The van der Waals surface area contributed by atoms with Crippen LogP contribution in [0.1, 0.15) is 18.4 Å². The van der Waals surface area contributed by atoms with Crippen molar-refractivity contribution in [3.63, 3.8) is 0 Å². The standard InChI is InChI=1S/C7H6ClF3N2/c1-3-4(9)5(8)13-6(12-3)7(2,10)11/h1-2H3. The van der Waals surface area contributed by atoms with Gasteiger partial charge in [-0.1, -0.05) is 11.6 Å². The molecule has 0 N–H and O–H groups in total. The average Bonchev–Trinajstić information content (AvgIpc) is 1.97. The van der Waals surface area contributed by atoms with Crippen LogP contribution in [0, 0.1) is 12.7 Å². The van der Waals surface area contributed by atoms with Gasteiger partial charge in [0.25, 0.3) is 0 Å². The Morgan fingerprint density at radius 1 is 1.31 bits per heavy atom. The number of hydrogen-bond acceptors (Lipinski definition) is 2. The predicted octanol–water partition coefficient (Wildman–Crippen LogP) is 2.69. The Morgan fingerprint density at radius 2 is 1.85 bits per heavy atom. The van der Waals surface area contributed by atoms with Crippen LogP contribution in [-0.2, 0) is 5.92 Å². The molecule has 0 radical (unpaired) electrons. The topological polar surface area (TPSA) is 25.8 Å². The first kappa shape index (κ1) is 10.2. The van der Waals surface area contributed by atoms with E-state index in [0.29, 0.717) is 6.92 Å². The number of rotatable bonds is 1. The number of aromatic nitrogens is 2. The van der Waals surface area contributed by atoms with Gasteiger partial charge in [0.15, 0.2) is 16.8 Å². The molecular weight excluding hydrogens is 205 g/mol. The number of nitrogens with zero attached hydrogens (tertiary/aromatic N) is 2. The lowest BCUT2D eigenvalue weighted by Crippen LogP contribution is -2.14. The van der Waals surface area contributed by atoms with Crippen molar-refractivity contribution in [2.45, 2.75) is 19.8 Å². The third-order valence-corrected chi connectivity index (χ3v) is 1.62. The van der Waals surface area contributed by atoms with E-state index in [1.165, 1.54) is 6.92 Å². The second kappa shape index (κ2) is 3.14. The van der Waals surface area contributed by atoms with Gasteiger partial charge in [0.1, 0.15) is 0 Å². The van der Waals surface area contributed by atoms with Crippen molar-refractivity contribution in [2.75, 3.05) is 0 Å². The highest BCUT2D eigenvalue weighted by atomic mass is 35.5. The number of aryl methyl sites for hydroxylation is 1. The molecule has 1 rings (SSSR count).